The van der Waals surface area contributed by atoms with Crippen molar-refractivity contribution in [3.63, 3.8) is 0 Å². The molecule has 6 heteroatoms. The number of nitrogens with zero attached hydrogens (tertiary/aromatic N) is 5. The molecule has 0 atom stereocenters. The molecule has 1 aliphatic carbocycles. The van der Waals surface area contributed by atoms with Crippen LogP contribution in [0, 0.1) is 6.92 Å². The van der Waals surface area contributed by atoms with Gasteiger partial charge in [-0.05, 0) is 31.9 Å². The lowest BCUT2D eigenvalue weighted by Gasteiger charge is -2.40. The third-order valence-electron chi connectivity index (χ3n) is 5.70. The molecule has 2 heterocycles. The van der Waals surface area contributed by atoms with Crippen LogP contribution in [-0.2, 0) is 0 Å². The zero-order valence-corrected chi connectivity index (χ0v) is 15.5. The highest BCUT2D eigenvalue weighted by atomic mass is 16.2. The van der Waals surface area contributed by atoms with Crippen molar-refractivity contribution >= 4 is 5.91 Å². The third-order valence-corrected chi connectivity index (χ3v) is 5.70. The molecule has 1 saturated carbocycles. The maximum atomic E-state index is 12.8. The van der Waals surface area contributed by atoms with Crippen LogP contribution in [-0.4, -0.2) is 62.9 Å². The minimum Gasteiger partial charge on any atom is -0.335 e. The Morgan fingerprint density at radius 1 is 1.00 bits per heavy atom. The number of hydrogen-bond acceptors (Lipinski definition) is 4. The maximum absolute atomic E-state index is 12.8. The van der Waals surface area contributed by atoms with Gasteiger partial charge in [-0.1, -0.05) is 42.2 Å². The van der Waals surface area contributed by atoms with Gasteiger partial charge in [-0.15, -0.1) is 5.10 Å². The van der Waals surface area contributed by atoms with Gasteiger partial charge in [-0.25, -0.2) is 4.68 Å². The summed E-state index contributed by atoms with van der Waals surface area (Å²) in [5.74, 6) is -0.00773. The Kier molecular flexibility index (Phi) is 5.02. The molecule has 1 aliphatic heterocycles. The summed E-state index contributed by atoms with van der Waals surface area (Å²) in [5, 5.41) is 8.24. The first kappa shape index (κ1) is 17.2. The zero-order valence-electron chi connectivity index (χ0n) is 15.5. The van der Waals surface area contributed by atoms with E-state index >= 15 is 0 Å². The van der Waals surface area contributed by atoms with Crippen molar-refractivity contribution in [3.8, 4) is 5.69 Å². The quantitative estimate of drug-likeness (QED) is 0.851. The van der Waals surface area contributed by atoms with Gasteiger partial charge in [0.25, 0.3) is 5.91 Å². The first-order chi connectivity index (χ1) is 12.7. The van der Waals surface area contributed by atoms with Crippen molar-refractivity contribution in [1.29, 1.82) is 0 Å². The average molecular weight is 353 g/mol. The molecule has 6 nitrogen and oxygen atoms in total. The second-order valence-corrected chi connectivity index (χ2v) is 7.50. The highest BCUT2D eigenvalue weighted by Crippen LogP contribution is 2.23. The largest absolute Gasteiger partial charge is 0.335 e. The summed E-state index contributed by atoms with van der Waals surface area (Å²) in [4.78, 5) is 17.3. The van der Waals surface area contributed by atoms with Gasteiger partial charge in [0.2, 0.25) is 0 Å². The van der Waals surface area contributed by atoms with Gasteiger partial charge in [-0.3, -0.25) is 9.69 Å². The molecule has 1 amide bonds. The molecule has 1 saturated heterocycles. The van der Waals surface area contributed by atoms with Gasteiger partial charge in [0.05, 0.1) is 11.9 Å². The summed E-state index contributed by atoms with van der Waals surface area (Å²) in [6.45, 7) is 5.57. The topological polar surface area (TPSA) is 54.3 Å². The molecule has 1 aromatic heterocycles. The Bertz CT molecular complexity index is 740. The molecule has 2 fully saturated rings. The third kappa shape index (κ3) is 3.65. The first-order valence-electron chi connectivity index (χ1n) is 9.73. The molecule has 138 valence electrons. The Hall–Kier alpha value is -2.21. The van der Waals surface area contributed by atoms with Crippen LogP contribution in [0.2, 0.25) is 0 Å². The Balaban J connectivity index is 1.37. The lowest BCUT2D eigenvalue weighted by atomic mass is 9.94. The lowest BCUT2D eigenvalue weighted by molar-refractivity contribution is 0.0518. The molecule has 26 heavy (non-hydrogen) atoms. The van der Waals surface area contributed by atoms with Gasteiger partial charge in [-0.2, -0.15) is 0 Å². The van der Waals surface area contributed by atoms with Crippen molar-refractivity contribution in [2.45, 2.75) is 45.1 Å². The van der Waals surface area contributed by atoms with Crippen LogP contribution in [0.25, 0.3) is 5.69 Å². The number of piperazine rings is 1. The van der Waals surface area contributed by atoms with Crippen molar-refractivity contribution in [2.24, 2.45) is 0 Å². The average Bonchev–Trinajstić information content (AvgIpc) is 3.19. The van der Waals surface area contributed by atoms with E-state index in [0.717, 1.165) is 37.9 Å². The van der Waals surface area contributed by atoms with E-state index < -0.39 is 0 Å². The summed E-state index contributed by atoms with van der Waals surface area (Å²) in [6, 6.07) is 8.76. The van der Waals surface area contributed by atoms with Gasteiger partial charge in [0.1, 0.15) is 0 Å². The minimum absolute atomic E-state index is 0.00773. The second kappa shape index (κ2) is 7.58. The normalized spacial score (nSPS) is 19.7. The van der Waals surface area contributed by atoms with E-state index in [0.29, 0.717) is 5.69 Å². The molecular formula is C20H27N5O. The van der Waals surface area contributed by atoms with Gasteiger partial charge >= 0.3 is 0 Å². The van der Waals surface area contributed by atoms with Crippen LogP contribution in [0.5, 0.6) is 0 Å². The van der Waals surface area contributed by atoms with E-state index in [1.807, 2.05) is 36.1 Å². The minimum atomic E-state index is -0.00773. The number of amides is 1. The fourth-order valence-electron chi connectivity index (χ4n) is 4.08. The van der Waals surface area contributed by atoms with Gasteiger partial charge < -0.3 is 4.90 Å². The smallest absolute Gasteiger partial charge is 0.276 e. The lowest BCUT2D eigenvalue weighted by Crippen LogP contribution is -2.52. The number of carbonyl (C=O) groups excluding carboxylic acids is 1. The van der Waals surface area contributed by atoms with E-state index in [9.17, 15) is 4.79 Å². The molecule has 0 spiro atoms. The van der Waals surface area contributed by atoms with E-state index in [2.05, 4.69) is 15.2 Å². The molecule has 0 radical (unpaired) electrons. The van der Waals surface area contributed by atoms with Crippen LogP contribution in [0.15, 0.2) is 30.5 Å². The molecule has 0 unspecified atom stereocenters. The summed E-state index contributed by atoms with van der Waals surface area (Å²) in [7, 11) is 0. The van der Waals surface area contributed by atoms with E-state index in [4.69, 9.17) is 0 Å². The highest BCUT2D eigenvalue weighted by molar-refractivity contribution is 5.92. The van der Waals surface area contributed by atoms with E-state index in [1.165, 1.54) is 37.7 Å². The SMILES string of the molecule is Cc1ccc(-n2cc(C(=O)N3CCN(C4CCCCC4)CC3)nn2)cc1. The molecule has 0 N–H and O–H groups in total. The fourth-order valence-corrected chi connectivity index (χ4v) is 4.08. The predicted octanol–water partition coefficient (Wildman–Crippen LogP) is 2.67. The van der Waals surface area contributed by atoms with Crippen molar-refractivity contribution in [2.75, 3.05) is 26.2 Å². The molecule has 4 rings (SSSR count). The van der Waals surface area contributed by atoms with Crippen LogP contribution in [0.4, 0.5) is 0 Å². The number of carbonyl (C=O) groups is 1. The maximum Gasteiger partial charge on any atom is 0.276 e. The summed E-state index contributed by atoms with van der Waals surface area (Å²) >= 11 is 0. The zero-order chi connectivity index (χ0) is 17.9. The summed E-state index contributed by atoms with van der Waals surface area (Å²) in [5.41, 5.74) is 2.54. The summed E-state index contributed by atoms with van der Waals surface area (Å²) in [6.07, 6.45) is 8.46. The van der Waals surface area contributed by atoms with E-state index in [-0.39, 0.29) is 5.91 Å². The molecule has 2 aliphatic rings. The van der Waals surface area contributed by atoms with Crippen LogP contribution in [0.3, 0.4) is 0 Å². The van der Waals surface area contributed by atoms with Crippen molar-refractivity contribution in [3.05, 3.63) is 41.7 Å². The van der Waals surface area contributed by atoms with Crippen LogP contribution < -0.4 is 0 Å². The highest BCUT2D eigenvalue weighted by Gasteiger charge is 2.28. The molecular weight excluding hydrogens is 326 g/mol. The Labute approximate surface area is 154 Å². The monoisotopic (exact) mass is 353 g/mol. The predicted molar refractivity (Wildman–Crippen MR) is 100 cm³/mol. The molecule has 0 bridgehead atoms. The first-order valence-corrected chi connectivity index (χ1v) is 9.73. The fraction of sp³-hybridized carbons (Fsp3) is 0.550. The van der Waals surface area contributed by atoms with Crippen molar-refractivity contribution in [1.82, 2.24) is 24.8 Å². The number of benzene rings is 1. The standard InChI is InChI=1S/C20H27N5O/c1-16-7-9-18(10-8-16)25-15-19(21-22-25)20(26)24-13-11-23(12-14-24)17-5-3-2-4-6-17/h7-10,15,17H,2-6,11-14H2,1H3. The van der Waals surface area contributed by atoms with E-state index in [1.54, 1.807) is 10.9 Å². The van der Waals surface area contributed by atoms with Crippen LogP contribution >= 0.6 is 0 Å². The number of aryl methyl sites for hydroxylation is 1. The number of rotatable bonds is 3. The number of hydrogen-bond donors (Lipinski definition) is 0. The molecule has 1 aromatic carbocycles. The van der Waals surface area contributed by atoms with Gasteiger partial charge in [0.15, 0.2) is 5.69 Å². The summed E-state index contributed by atoms with van der Waals surface area (Å²) < 4.78 is 1.67. The number of aromatic nitrogens is 3. The molecule has 2 aromatic rings. The Morgan fingerprint density at radius 3 is 2.38 bits per heavy atom. The van der Waals surface area contributed by atoms with Crippen LogP contribution in [0.1, 0.15) is 48.2 Å². The second-order valence-electron chi connectivity index (χ2n) is 7.50. The van der Waals surface area contributed by atoms with Gasteiger partial charge in [0, 0.05) is 32.2 Å². The van der Waals surface area contributed by atoms with Crippen molar-refractivity contribution < 1.29 is 4.79 Å². The Morgan fingerprint density at radius 2 is 1.69 bits per heavy atom.